The number of carbonyl (C=O) groups excluding carboxylic acids is 1. The van der Waals surface area contributed by atoms with E-state index in [0.717, 1.165) is 34.0 Å². The lowest BCUT2D eigenvalue weighted by molar-refractivity contribution is 0.0512. The van der Waals surface area contributed by atoms with E-state index in [2.05, 4.69) is 64.1 Å². The monoisotopic (exact) mass is 494 g/mol. The molecule has 1 aromatic rings. The number of amides is 1. The number of hydrogen-bond acceptors (Lipinski definition) is 4. The first-order valence-electron chi connectivity index (χ1n) is 10.5. The van der Waals surface area contributed by atoms with Crippen LogP contribution in [0.4, 0.5) is 4.79 Å². The third kappa shape index (κ3) is 8.00. The van der Waals surface area contributed by atoms with Crippen LogP contribution in [-0.2, 0) is 9.47 Å². The molecule has 7 heteroatoms. The van der Waals surface area contributed by atoms with Crippen molar-refractivity contribution in [2.75, 3.05) is 13.2 Å². The molecule has 0 bridgehead atoms. The maximum absolute atomic E-state index is 12.3. The van der Waals surface area contributed by atoms with Gasteiger partial charge >= 0.3 is 6.09 Å². The van der Waals surface area contributed by atoms with Crippen molar-refractivity contribution in [1.82, 2.24) is 10.3 Å². The first-order chi connectivity index (χ1) is 13.9. The number of halogens is 1. The van der Waals surface area contributed by atoms with Crippen molar-refractivity contribution in [2.45, 2.75) is 65.0 Å². The molecule has 0 spiro atoms. The molecule has 1 unspecified atom stereocenters. The molecule has 0 fully saturated rings. The summed E-state index contributed by atoms with van der Waals surface area (Å²) < 4.78 is 12.3. The number of aromatic nitrogens is 1. The van der Waals surface area contributed by atoms with Gasteiger partial charge in [0.15, 0.2) is 0 Å². The molecule has 2 rings (SSSR count). The molecular weight excluding hydrogens is 460 g/mol. The number of rotatable bonds is 8. The normalized spacial score (nSPS) is 17.9. The average Bonchev–Trinajstić information content (AvgIpc) is 3.00. The summed E-state index contributed by atoms with van der Waals surface area (Å²) in [4.78, 5) is 16.6. The fourth-order valence-corrected chi connectivity index (χ4v) is 4.21. The van der Waals surface area contributed by atoms with Crippen molar-refractivity contribution in [3.05, 3.63) is 46.2 Å². The van der Waals surface area contributed by atoms with E-state index in [-0.39, 0.29) is 12.0 Å². The molecule has 0 aliphatic heterocycles. The van der Waals surface area contributed by atoms with Gasteiger partial charge in [-0.25, -0.2) is 9.78 Å². The highest BCUT2D eigenvalue weighted by Crippen LogP contribution is 2.36. The lowest BCUT2D eigenvalue weighted by Crippen LogP contribution is -2.40. The Bertz CT molecular complexity index is 792. The number of alkyl carbamates (subject to hydrolysis) is 1. The predicted molar refractivity (Wildman–Crippen MR) is 129 cm³/mol. The Balaban J connectivity index is 2.11. The van der Waals surface area contributed by atoms with Crippen LogP contribution in [0.3, 0.4) is 0 Å². The van der Waals surface area contributed by atoms with E-state index in [1.807, 2.05) is 40.0 Å². The SMILES string of the molecule is C[C@H](NC(=O)OC(C)(C)C)C1=CC=C(c2ccc(Br)nc2)C1COCC[Si](C)(C)C. The number of ether oxygens (including phenoxy) is 2. The summed E-state index contributed by atoms with van der Waals surface area (Å²) in [5, 5.41) is 2.97. The molecule has 1 aromatic heterocycles. The standard InChI is InChI=1S/C23H35BrN2O3Si/c1-16(26-22(27)29-23(2,3)4)18-9-10-19(17-8-11-21(24)25-14-17)20(18)15-28-12-13-30(5,6)7/h8-11,14,16,20H,12-13,15H2,1-7H3,(H,26,27)/t16-,20?/m0/s1. The quantitative estimate of drug-likeness (QED) is 0.271. The minimum Gasteiger partial charge on any atom is -0.444 e. The molecule has 0 radical (unpaired) electrons. The van der Waals surface area contributed by atoms with Crippen LogP contribution in [0.15, 0.2) is 40.7 Å². The van der Waals surface area contributed by atoms with Crippen LogP contribution in [0.1, 0.15) is 33.3 Å². The molecule has 0 aromatic carbocycles. The largest absolute Gasteiger partial charge is 0.444 e. The second-order valence-corrected chi connectivity index (χ2v) is 16.4. The minimum absolute atomic E-state index is 0.0690. The maximum Gasteiger partial charge on any atom is 0.408 e. The Morgan fingerprint density at radius 2 is 1.97 bits per heavy atom. The third-order valence-corrected chi connectivity index (χ3v) is 6.98. The topological polar surface area (TPSA) is 60.5 Å². The number of carbonyl (C=O) groups is 1. The lowest BCUT2D eigenvalue weighted by atomic mass is 9.89. The smallest absolute Gasteiger partial charge is 0.408 e. The van der Waals surface area contributed by atoms with E-state index in [0.29, 0.717) is 6.61 Å². The van der Waals surface area contributed by atoms with Gasteiger partial charge < -0.3 is 14.8 Å². The van der Waals surface area contributed by atoms with Gasteiger partial charge in [0, 0.05) is 26.8 Å². The van der Waals surface area contributed by atoms with Crippen molar-refractivity contribution < 1.29 is 14.3 Å². The summed E-state index contributed by atoms with van der Waals surface area (Å²) in [6, 6.07) is 4.96. The van der Waals surface area contributed by atoms with E-state index in [4.69, 9.17) is 9.47 Å². The van der Waals surface area contributed by atoms with Crippen LogP contribution in [0.25, 0.3) is 5.57 Å². The minimum atomic E-state index is -1.15. The molecule has 5 nitrogen and oxygen atoms in total. The zero-order valence-electron chi connectivity index (χ0n) is 19.2. The molecular formula is C23H35BrN2O3Si. The van der Waals surface area contributed by atoms with Gasteiger partial charge in [0.2, 0.25) is 0 Å². The summed E-state index contributed by atoms with van der Waals surface area (Å²) in [7, 11) is -1.15. The third-order valence-electron chi connectivity index (χ3n) is 4.81. The molecule has 0 saturated heterocycles. The zero-order chi connectivity index (χ0) is 22.5. The predicted octanol–water partition coefficient (Wildman–Crippen LogP) is 6.05. The Hall–Kier alpha value is -1.44. The summed E-state index contributed by atoms with van der Waals surface area (Å²) in [6.45, 7) is 16.0. The molecule has 1 aliphatic rings. The van der Waals surface area contributed by atoms with Gasteiger partial charge in [-0.15, -0.1) is 0 Å². The van der Waals surface area contributed by atoms with E-state index in [9.17, 15) is 4.79 Å². The Morgan fingerprint density at radius 1 is 1.27 bits per heavy atom. The van der Waals surface area contributed by atoms with Crippen molar-refractivity contribution in [1.29, 1.82) is 0 Å². The van der Waals surface area contributed by atoms with Gasteiger partial charge in [-0.05, 0) is 72.4 Å². The van der Waals surface area contributed by atoms with Crippen LogP contribution in [-0.4, -0.2) is 44.0 Å². The van der Waals surface area contributed by atoms with Gasteiger partial charge in [-0.3, -0.25) is 0 Å². The molecule has 1 N–H and O–H groups in total. The highest BCUT2D eigenvalue weighted by atomic mass is 79.9. The van der Waals surface area contributed by atoms with Crippen LogP contribution < -0.4 is 5.32 Å². The van der Waals surface area contributed by atoms with Crippen molar-refractivity contribution >= 4 is 35.7 Å². The zero-order valence-corrected chi connectivity index (χ0v) is 21.8. The summed E-state index contributed by atoms with van der Waals surface area (Å²) >= 11 is 3.40. The van der Waals surface area contributed by atoms with Crippen molar-refractivity contribution in [3.63, 3.8) is 0 Å². The van der Waals surface area contributed by atoms with E-state index >= 15 is 0 Å². The van der Waals surface area contributed by atoms with Gasteiger partial charge in [-0.1, -0.05) is 37.9 Å². The van der Waals surface area contributed by atoms with Crippen LogP contribution in [0.5, 0.6) is 0 Å². The maximum atomic E-state index is 12.3. The Labute approximate surface area is 190 Å². The fourth-order valence-electron chi connectivity index (χ4n) is 3.22. The van der Waals surface area contributed by atoms with Crippen molar-refractivity contribution in [2.24, 2.45) is 5.92 Å². The van der Waals surface area contributed by atoms with Gasteiger partial charge in [0.1, 0.15) is 10.2 Å². The number of nitrogens with zero attached hydrogens (tertiary/aromatic N) is 1. The summed E-state index contributed by atoms with van der Waals surface area (Å²) in [6.07, 6.45) is 5.66. The Morgan fingerprint density at radius 3 is 2.53 bits per heavy atom. The second kappa shape index (κ2) is 10.2. The molecule has 0 saturated carbocycles. The molecule has 30 heavy (non-hydrogen) atoms. The first kappa shape index (κ1) is 24.8. The fraction of sp³-hybridized carbons (Fsp3) is 0.565. The molecule has 1 aliphatic carbocycles. The van der Waals surface area contributed by atoms with Gasteiger partial charge in [0.05, 0.1) is 12.6 Å². The number of nitrogens with one attached hydrogen (secondary N) is 1. The number of hydrogen-bond donors (Lipinski definition) is 1. The highest BCUT2D eigenvalue weighted by molar-refractivity contribution is 9.10. The van der Waals surface area contributed by atoms with E-state index < -0.39 is 19.8 Å². The van der Waals surface area contributed by atoms with Crippen LogP contribution in [0, 0.1) is 5.92 Å². The molecule has 1 heterocycles. The van der Waals surface area contributed by atoms with Gasteiger partial charge in [-0.2, -0.15) is 0 Å². The molecule has 1 amide bonds. The highest BCUT2D eigenvalue weighted by Gasteiger charge is 2.30. The second-order valence-electron chi connectivity index (χ2n) is 9.96. The average molecular weight is 496 g/mol. The van der Waals surface area contributed by atoms with Crippen molar-refractivity contribution in [3.8, 4) is 0 Å². The van der Waals surface area contributed by atoms with E-state index in [1.54, 1.807) is 0 Å². The Kier molecular flexibility index (Phi) is 8.48. The van der Waals surface area contributed by atoms with Crippen LogP contribution in [0.2, 0.25) is 25.7 Å². The molecule has 166 valence electrons. The van der Waals surface area contributed by atoms with Crippen LogP contribution >= 0.6 is 15.9 Å². The first-order valence-corrected chi connectivity index (χ1v) is 15.0. The summed E-state index contributed by atoms with van der Waals surface area (Å²) in [5.74, 6) is 0.0690. The molecule has 2 atom stereocenters. The number of pyridine rings is 1. The van der Waals surface area contributed by atoms with Gasteiger partial charge in [0.25, 0.3) is 0 Å². The number of allylic oxidation sites excluding steroid dienone is 2. The summed E-state index contributed by atoms with van der Waals surface area (Å²) in [5.41, 5.74) is 2.81. The van der Waals surface area contributed by atoms with E-state index in [1.165, 1.54) is 0 Å². The lowest BCUT2D eigenvalue weighted by Gasteiger charge is -2.27.